The smallest absolute Gasteiger partial charge is 0.262 e. The van der Waals surface area contributed by atoms with Crippen LogP contribution in [0, 0.1) is 0 Å². The van der Waals surface area contributed by atoms with Crippen molar-refractivity contribution in [3.05, 3.63) is 35.9 Å². The monoisotopic (exact) mass is 321 g/mol. The summed E-state index contributed by atoms with van der Waals surface area (Å²) in [5.41, 5.74) is 0.570. The second-order valence-corrected chi connectivity index (χ2v) is 7.05. The molecule has 6 heteroatoms. The molecular formula is C13H16Cl3N2O+. The fourth-order valence-corrected chi connectivity index (χ4v) is 2.96. The maximum atomic E-state index is 12.2. The van der Waals surface area contributed by atoms with Crippen LogP contribution in [-0.4, -0.2) is 29.0 Å². The van der Waals surface area contributed by atoms with Crippen molar-refractivity contribution in [3.8, 4) is 0 Å². The summed E-state index contributed by atoms with van der Waals surface area (Å²) in [6.45, 7) is 1.82. The van der Waals surface area contributed by atoms with Gasteiger partial charge in [0, 0.05) is 18.4 Å². The van der Waals surface area contributed by atoms with Crippen LogP contribution in [0.5, 0.6) is 0 Å². The molecule has 19 heavy (non-hydrogen) atoms. The van der Waals surface area contributed by atoms with Crippen molar-refractivity contribution < 1.29 is 9.69 Å². The molecule has 1 aliphatic heterocycles. The number of alkyl halides is 3. The largest absolute Gasteiger partial charge is 0.312 e. The number of carbonyl (C=O) groups excluding carboxylic acids is 1. The zero-order valence-electron chi connectivity index (χ0n) is 10.3. The minimum atomic E-state index is -1.51. The first kappa shape index (κ1) is 14.9. The molecule has 1 heterocycles. The molecule has 0 saturated carbocycles. The van der Waals surface area contributed by atoms with Crippen LogP contribution >= 0.6 is 34.8 Å². The number of hydrogen-bond donors (Lipinski definition) is 2. The van der Waals surface area contributed by atoms with Gasteiger partial charge in [0.2, 0.25) is 6.17 Å². The zero-order chi connectivity index (χ0) is 13.9. The van der Waals surface area contributed by atoms with E-state index < -0.39 is 9.96 Å². The third-order valence-corrected chi connectivity index (χ3v) is 3.95. The van der Waals surface area contributed by atoms with Crippen LogP contribution in [0.4, 0.5) is 0 Å². The molecule has 1 fully saturated rings. The first-order valence-corrected chi connectivity index (χ1v) is 7.39. The maximum absolute atomic E-state index is 12.2. The van der Waals surface area contributed by atoms with Crippen molar-refractivity contribution in [2.24, 2.45) is 0 Å². The van der Waals surface area contributed by atoms with Crippen LogP contribution in [0.25, 0.3) is 0 Å². The summed E-state index contributed by atoms with van der Waals surface area (Å²) in [5.74, 6) is -0.212. The Hall–Kier alpha value is -0.480. The molecule has 3 nitrogen and oxygen atoms in total. The minimum Gasteiger partial charge on any atom is -0.312 e. The highest BCUT2D eigenvalue weighted by Crippen LogP contribution is 2.28. The van der Waals surface area contributed by atoms with E-state index in [1.54, 1.807) is 12.1 Å². The Balaban J connectivity index is 2.10. The first-order valence-electron chi connectivity index (χ1n) is 6.25. The third-order valence-electron chi connectivity index (χ3n) is 3.29. The van der Waals surface area contributed by atoms with E-state index in [2.05, 4.69) is 5.32 Å². The Labute approximate surface area is 127 Å². The standard InChI is InChI=1S/C13H15Cl3N2O/c14-13(15,16)12(18-8-4-5-9-18)17-11(19)10-6-2-1-3-7-10/h1-3,6-7,12H,4-5,8-9H2,(H,17,19)/p+1/t12-/m1/s1. The molecule has 2 N–H and O–H groups in total. The number of carbonyl (C=O) groups is 1. The number of likely N-dealkylation sites (tertiary alicyclic amines) is 1. The highest BCUT2D eigenvalue weighted by molar-refractivity contribution is 6.68. The molecule has 0 radical (unpaired) electrons. The quantitative estimate of drug-likeness (QED) is 0.817. The van der Waals surface area contributed by atoms with Crippen molar-refractivity contribution in [2.75, 3.05) is 13.1 Å². The average Bonchev–Trinajstić information content (AvgIpc) is 2.88. The fourth-order valence-electron chi connectivity index (χ4n) is 2.34. The van der Waals surface area contributed by atoms with E-state index in [0.717, 1.165) is 30.8 Å². The van der Waals surface area contributed by atoms with E-state index in [0.29, 0.717) is 5.56 Å². The highest BCUT2D eigenvalue weighted by Gasteiger charge is 2.43. The maximum Gasteiger partial charge on any atom is 0.262 e. The predicted octanol–water partition coefficient (Wildman–Crippen LogP) is 1.79. The van der Waals surface area contributed by atoms with E-state index in [1.165, 1.54) is 0 Å². The first-order chi connectivity index (χ1) is 8.98. The molecule has 0 unspecified atom stereocenters. The lowest BCUT2D eigenvalue weighted by Crippen LogP contribution is -3.17. The van der Waals surface area contributed by atoms with E-state index in [-0.39, 0.29) is 5.91 Å². The van der Waals surface area contributed by atoms with Gasteiger partial charge in [-0.05, 0) is 12.1 Å². The summed E-state index contributed by atoms with van der Waals surface area (Å²) in [6.07, 6.45) is 1.66. The molecule has 0 aromatic heterocycles. The van der Waals surface area contributed by atoms with Gasteiger partial charge in [-0.25, -0.2) is 0 Å². The minimum absolute atomic E-state index is 0.212. The Morgan fingerprint density at radius 2 is 1.74 bits per heavy atom. The van der Waals surface area contributed by atoms with E-state index in [4.69, 9.17) is 34.8 Å². The van der Waals surface area contributed by atoms with Crippen molar-refractivity contribution in [3.63, 3.8) is 0 Å². The van der Waals surface area contributed by atoms with Gasteiger partial charge >= 0.3 is 0 Å². The summed E-state index contributed by atoms with van der Waals surface area (Å²) in [4.78, 5) is 13.3. The van der Waals surface area contributed by atoms with Crippen molar-refractivity contribution in [1.82, 2.24) is 5.32 Å². The normalized spacial score (nSPS) is 18.3. The van der Waals surface area contributed by atoms with Gasteiger partial charge in [-0.2, -0.15) is 0 Å². The number of hydrogen-bond acceptors (Lipinski definition) is 1. The second-order valence-electron chi connectivity index (χ2n) is 4.68. The van der Waals surface area contributed by atoms with Gasteiger partial charge in [-0.1, -0.05) is 53.0 Å². The van der Waals surface area contributed by atoms with Crippen molar-refractivity contribution in [2.45, 2.75) is 22.8 Å². The van der Waals surface area contributed by atoms with Gasteiger partial charge < -0.3 is 4.90 Å². The number of amides is 1. The highest BCUT2D eigenvalue weighted by atomic mass is 35.6. The van der Waals surface area contributed by atoms with Gasteiger partial charge in [-0.15, -0.1) is 0 Å². The van der Waals surface area contributed by atoms with Crippen LogP contribution in [0.15, 0.2) is 30.3 Å². The van der Waals surface area contributed by atoms with E-state index in [9.17, 15) is 4.79 Å². The SMILES string of the molecule is O=C(N[C@H]([NH+]1CCCC1)C(Cl)(Cl)Cl)c1ccccc1. The molecule has 1 aromatic rings. The molecule has 2 rings (SSSR count). The van der Waals surface area contributed by atoms with Gasteiger partial charge in [0.1, 0.15) is 0 Å². The van der Waals surface area contributed by atoms with Crippen LogP contribution < -0.4 is 10.2 Å². The molecule has 1 aliphatic rings. The molecule has 0 aliphatic carbocycles. The van der Waals surface area contributed by atoms with Gasteiger partial charge in [0.05, 0.1) is 13.1 Å². The molecule has 1 amide bonds. The number of benzene rings is 1. The summed E-state index contributed by atoms with van der Waals surface area (Å²) in [6, 6.07) is 8.95. The molecule has 1 aromatic carbocycles. The third kappa shape index (κ3) is 3.99. The molecule has 104 valence electrons. The lowest BCUT2D eigenvalue weighted by Gasteiger charge is -2.30. The van der Waals surface area contributed by atoms with E-state index in [1.807, 2.05) is 18.2 Å². The number of rotatable bonds is 3. The Kier molecular flexibility index (Phi) is 4.96. The van der Waals surface area contributed by atoms with Crippen LogP contribution in [0.3, 0.4) is 0 Å². The van der Waals surface area contributed by atoms with E-state index >= 15 is 0 Å². The molecule has 0 bridgehead atoms. The van der Waals surface area contributed by atoms with Crippen LogP contribution in [0.2, 0.25) is 0 Å². The number of halogens is 3. The lowest BCUT2D eigenvalue weighted by molar-refractivity contribution is -0.915. The summed E-state index contributed by atoms with van der Waals surface area (Å²) in [7, 11) is 0. The Bertz CT molecular complexity index is 427. The van der Waals surface area contributed by atoms with Crippen LogP contribution in [-0.2, 0) is 0 Å². The summed E-state index contributed by atoms with van der Waals surface area (Å²) in [5, 5.41) is 2.84. The number of quaternary nitrogens is 1. The topological polar surface area (TPSA) is 33.5 Å². The molecular weight excluding hydrogens is 307 g/mol. The van der Waals surface area contributed by atoms with Gasteiger partial charge in [0.25, 0.3) is 9.70 Å². The fraction of sp³-hybridized carbons (Fsp3) is 0.462. The van der Waals surface area contributed by atoms with Gasteiger partial charge in [0.15, 0.2) is 0 Å². The molecule has 1 saturated heterocycles. The number of nitrogens with one attached hydrogen (secondary N) is 2. The van der Waals surface area contributed by atoms with Crippen molar-refractivity contribution >= 4 is 40.7 Å². The lowest BCUT2D eigenvalue weighted by atomic mass is 10.2. The summed E-state index contributed by atoms with van der Waals surface area (Å²) < 4.78 is -1.51. The Morgan fingerprint density at radius 1 is 1.16 bits per heavy atom. The molecule has 1 atom stereocenters. The van der Waals surface area contributed by atoms with Gasteiger partial charge in [-0.3, -0.25) is 10.1 Å². The average molecular weight is 323 g/mol. The zero-order valence-corrected chi connectivity index (χ0v) is 12.6. The van der Waals surface area contributed by atoms with Crippen LogP contribution in [0.1, 0.15) is 23.2 Å². The molecule has 0 spiro atoms. The predicted molar refractivity (Wildman–Crippen MR) is 77.9 cm³/mol. The Morgan fingerprint density at radius 3 is 2.26 bits per heavy atom. The second kappa shape index (κ2) is 6.31. The summed E-state index contributed by atoms with van der Waals surface area (Å²) >= 11 is 18.0. The van der Waals surface area contributed by atoms with Crippen molar-refractivity contribution in [1.29, 1.82) is 0 Å².